The smallest absolute Gasteiger partial charge is 0.282 e. The number of nitrogens with zero attached hydrogens (tertiary/aromatic N) is 2. The Morgan fingerprint density at radius 1 is 1.22 bits per heavy atom. The Hall–Kier alpha value is -2.73. The van der Waals surface area contributed by atoms with Gasteiger partial charge in [0.05, 0.1) is 6.42 Å². The molecule has 140 valence electrons. The van der Waals surface area contributed by atoms with Gasteiger partial charge in [-0.25, -0.2) is 8.78 Å². The van der Waals surface area contributed by atoms with Crippen LogP contribution in [0, 0.1) is 6.92 Å². The molecule has 4 nitrogen and oxygen atoms in total. The molecular weight excluding hydrogens is 372 g/mol. The molecule has 1 N–H and O–H groups in total. The molecule has 0 unspecified atom stereocenters. The van der Waals surface area contributed by atoms with E-state index in [0.717, 1.165) is 16.7 Å². The van der Waals surface area contributed by atoms with Gasteiger partial charge in [0, 0.05) is 35.1 Å². The van der Waals surface area contributed by atoms with Gasteiger partial charge < -0.3 is 5.32 Å². The fraction of sp³-hybridized carbons (Fsp3) is 0.200. The predicted molar refractivity (Wildman–Crippen MR) is 102 cm³/mol. The zero-order valence-electron chi connectivity index (χ0n) is 14.8. The van der Waals surface area contributed by atoms with Crippen LogP contribution in [0.2, 0.25) is 5.02 Å². The summed E-state index contributed by atoms with van der Waals surface area (Å²) in [7, 11) is 1.55. The van der Waals surface area contributed by atoms with Gasteiger partial charge in [-0.15, -0.1) is 0 Å². The highest BCUT2D eigenvalue weighted by atomic mass is 35.5. The first kappa shape index (κ1) is 19.0. The van der Waals surface area contributed by atoms with Crippen molar-refractivity contribution in [2.24, 2.45) is 7.05 Å². The maximum Gasteiger partial charge on any atom is 0.282 e. The molecule has 0 atom stereocenters. The van der Waals surface area contributed by atoms with Crippen LogP contribution in [0.15, 0.2) is 48.7 Å². The summed E-state index contributed by atoms with van der Waals surface area (Å²) in [4.78, 5) is 12.5. The monoisotopic (exact) mass is 389 g/mol. The average Bonchev–Trinajstić information content (AvgIpc) is 2.96. The third-order valence-electron chi connectivity index (χ3n) is 4.17. The summed E-state index contributed by atoms with van der Waals surface area (Å²) in [5, 5.41) is 7.18. The van der Waals surface area contributed by atoms with Crippen LogP contribution in [0.3, 0.4) is 0 Å². The lowest BCUT2D eigenvalue weighted by Crippen LogP contribution is -2.15. The number of hydrogen-bond acceptors (Lipinski definition) is 2. The molecule has 0 aliphatic carbocycles. The highest BCUT2D eigenvalue weighted by molar-refractivity contribution is 6.30. The summed E-state index contributed by atoms with van der Waals surface area (Å²) in [6.07, 6.45) is -1.46. The van der Waals surface area contributed by atoms with Gasteiger partial charge in [-0.1, -0.05) is 35.9 Å². The number of carbonyl (C=O) groups is 1. The second-order valence-corrected chi connectivity index (χ2v) is 6.68. The SMILES string of the molecule is Cc1cc(Cl)ccc1-c1ccccc1NC(=O)Cc1cn(C)nc1C(F)F. The first-order valence-corrected chi connectivity index (χ1v) is 8.69. The molecular formula is C20H18ClF2N3O. The average molecular weight is 390 g/mol. The number of halogens is 3. The topological polar surface area (TPSA) is 46.9 Å². The van der Waals surface area contributed by atoms with Crippen molar-refractivity contribution in [2.75, 3.05) is 5.32 Å². The normalized spacial score (nSPS) is 11.0. The number of amides is 1. The Balaban J connectivity index is 1.85. The minimum atomic E-state index is -2.72. The Morgan fingerprint density at radius 2 is 1.96 bits per heavy atom. The molecule has 0 bridgehead atoms. The zero-order chi connectivity index (χ0) is 19.6. The molecule has 1 amide bonds. The van der Waals surface area contributed by atoms with Crippen LogP contribution in [-0.4, -0.2) is 15.7 Å². The van der Waals surface area contributed by atoms with Crippen molar-refractivity contribution in [1.29, 1.82) is 0 Å². The maximum atomic E-state index is 13.1. The van der Waals surface area contributed by atoms with Crippen LogP contribution < -0.4 is 5.32 Å². The van der Waals surface area contributed by atoms with E-state index in [1.807, 2.05) is 31.2 Å². The highest BCUT2D eigenvalue weighted by Gasteiger charge is 2.20. The summed E-state index contributed by atoms with van der Waals surface area (Å²) >= 11 is 6.02. The van der Waals surface area contributed by atoms with Crippen molar-refractivity contribution >= 4 is 23.2 Å². The van der Waals surface area contributed by atoms with Gasteiger partial charge in [-0.3, -0.25) is 9.48 Å². The fourth-order valence-electron chi connectivity index (χ4n) is 3.00. The van der Waals surface area contributed by atoms with Crippen molar-refractivity contribution in [3.05, 3.63) is 70.5 Å². The second-order valence-electron chi connectivity index (χ2n) is 6.24. The first-order chi connectivity index (χ1) is 12.8. The quantitative estimate of drug-likeness (QED) is 0.654. The molecule has 0 aliphatic heterocycles. The van der Waals surface area contributed by atoms with Gasteiger partial charge in [0.15, 0.2) is 0 Å². The van der Waals surface area contributed by atoms with Gasteiger partial charge in [0.2, 0.25) is 5.91 Å². The minimum Gasteiger partial charge on any atom is -0.325 e. The van der Waals surface area contributed by atoms with Crippen LogP contribution >= 0.6 is 11.6 Å². The van der Waals surface area contributed by atoms with E-state index in [1.54, 1.807) is 25.2 Å². The van der Waals surface area contributed by atoms with Crippen LogP contribution in [0.4, 0.5) is 14.5 Å². The van der Waals surface area contributed by atoms with Crippen molar-refractivity contribution in [1.82, 2.24) is 9.78 Å². The summed E-state index contributed by atoms with van der Waals surface area (Å²) < 4.78 is 27.4. The van der Waals surface area contributed by atoms with Gasteiger partial charge in [-0.05, 0) is 36.2 Å². The summed E-state index contributed by atoms with van der Waals surface area (Å²) in [5.41, 5.74) is 3.19. The number of para-hydroxylation sites is 1. The van der Waals surface area contributed by atoms with Gasteiger partial charge >= 0.3 is 0 Å². The van der Waals surface area contributed by atoms with E-state index in [0.29, 0.717) is 10.7 Å². The number of benzene rings is 2. The lowest BCUT2D eigenvalue weighted by Gasteiger charge is -2.13. The van der Waals surface area contributed by atoms with Gasteiger partial charge in [-0.2, -0.15) is 5.10 Å². The predicted octanol–water partition coefficient (Wildman–Crippen LogP) is 5.17. The Morgan fingerprint density at radius 3 is 2.67 bits per heavy atom. The van der Waals surface area contributed by atoms with Crippen molar-refractivity contribution in [3.63, 3.8) is 0 Å². The van der Waals surface area contributed by atoms with E-state index in [9.17, 15) is 13.6 Å². The molecule has 0 spiro atoms. The molecule has 27 heavy (non-hydrogen) atoms. The third-order valence-corrected chi connectivity index (χ3v) is 4.41. The summed E-state index contributed by atoms with van der Waals surface area (Å²) in [6.45, 7) is 1.93. The maximum absolute atomic E-state index is 13.1. The third kappa shape index (κ3) is 4.34. The Labute approximate surface area is 160 Å². The van der Waals surface area contributed by atoms with Crippen molar-refractivity contribution in [3.8, 4) is 11.1 Å². The molecule has 2 aromatic carbocycles. The summed E-state index contributed by atoms with van der Waals surface area (Å²) in [5.74, 6) is -0.385. The lowest BCUT2D eigenvalue weighted by molar-refractivity contribution is -0.115. The second kappa shape index (κ2) is 7.88. The first-order valence-electron chi connectivity index (χ1n) is 8.31. The molecule has 1 aromatic heterocycles. The zero-order valence-corrected chi connectivity index (χ0v) is 15.6. The largest absolute Gasteiger partial charge is 0.325 e. The molecule has 0 aliphatic rings. The Kier molecular flexibility index (Phi) is 5.56. The number of anilines is 1. The standard InChI is InChI=1S/C20H18ClF2N3O/c1-12-9-14(21)7-8-15(12)16-5-3-4-6-17(16)24-18(27)10-13-11-26(2)25-19(13)20(22)23/h3-9,11,20H,10H2,1-2H3,(H,24,27). The van der Waals surface area contributed by atoms with Crippen molar-refractivity contribution in [2.45, 2.75) is 19.8 Å². The van der Waals surface area contributed by atoms with E-state index in [2.05, 4.69) is 10.4 Å². The van der Waals surface area contributed by atoms with Crippen LogP contribution in [0.25, 0.3) is 11.1 Å². The molecule has 0 saturated carbocycles. The molecule has 0 saturated heterocycles. The molecule has 7 heteroatoms. The number of nitrogens with one attached hydrogen (secondary N) is 1. The molecule has 3 rings (SSSR count). The molecule has 0 fully saturated rings. The number of aromatic nitrogens is 2. The lowest BCUT2D eigenvalue weighted by atomic mass is 9.99. The van der Waals surface area contributed by atoms with E-state index in [-0.39, 0.29) is 23.6 Å². The fourth-order valence-corrected chi connectivity index (χ4v) is 3.22. The molecule has 0 radical (unpaired) electrons. The van der Waals surface area contributed by atoms with Gasteiger partial charge in [0.25, 0.3) is 6.43 Å². The van der Waals surface area contributed by atoms with Crippen LogP contribution in [0.1, 0.15) is 23.2 Å². The number of aryl methyl sites for hydroxylation is 2. The van der Waals surface area contributed by atoms with E-state index in [1.165, 1.54) is 10.9 Å². The van der Waals surface area contributed by atoms with Crippen LogP contribution in [-0.2, 0) is 18.3 Å². The number of rotatable bonds is 5. The van der Waals surface area contributed by atoms with Gasteiger partial charge in [0.1, 0.15) is 5.69 Å². The minimum absolute atomic E-state index is 0.179. The van der Waals surface area contributed by atoms with E-state index in [4.69, 9.17) is 11.6 Å². The Bertz CT molecular complexity index is 985. The van der Waals surface area contributed by atoms with E-state index < -0.39 is 6.43 Å². The number of hydrogen-bond donors (Lipinski definition) is 1. The highest BCUT2D eigenvalue weighted by Crippen LogP contribution is 2.32. The molecule has 3 aromatic rings. The van der Waals surface area contributed by atoms with Crippen LogP contribution in [0.5, 0.6) is 0 Å². The number of alkyl halides is 2. The molecule has 1 heterocycles. The van der Waals surface area contributed by atoms with Crippen molar-refractivity contribution < 1.29 is 13.6 Å². The van der Waals surface area contributed by atoms with E-state index >= 15 is 0 Å². The number of carbonyl (C=O) groups excluding carboxylic acids is 1. The summed E-state index contributed by atoms with van der Waals surface area (Å²) in [6, 6.07) is 12.9.